The van der Waals surface area contributed by atoms with Gasteiger partial charge in [-0.3, -0.25) is 0 Å². The summed E-state index contributed by atoms with van der Waals surface area (Å²) in [5.74, 6) is 0.524. The van der Waals surface area contributed by atoms with Crippen LogP contribution < -0.4 is 10.2 Å². The van der Waals surface area contributed by atoms with E-state index in [9.17, 15) is 0 Å². The highest BCUT2D eigenvalue weighted by Gasteiger charge is 2.22. The second-order valence-electron chi connectivity index (χ2n) is 2.41. The zero-order valence-corrected chi connectivity index (χ0v) is 7.98. The highest BCUT2D eigenvalue weighted by Crippen LogP contribution is 2.02. The van der Waals surface area contributed by atoms with Crippen LogP contribution in [0.25, 0.3) is 0 Å². The van der Waals surface area contributed by atoms with Crippen LogP contribution in [0.3, 0.4) is 0 Å². The summed E-state index contributed by atoms with van der Waals surface area (Å²) in [7, 11) is 4.28. The third-order valence-electron chi connectivity index (χ3n) is 1.68. The summed E-state index contributed by atoms with van der Waals surface area (Å²) in [6, 6.07) is 3.66. The van der Waals surface area contributed by atoms with Gasteiger partial charge in [0.2, 0.25) is 5.88 Å². The van der Waals surface area contributed by atoms with Gasteiger partial charge in [-0.2, -0.15) is 0 Å². The topological polar surface area (TPSA) is 40.6 Å². The molecule has 0 amide bonds. The minimum Gasteiger partial charge on any atom is -0.481 e. The molecule has 0 fully saturated rings. The van der Waals surface area contributed by atoms with Gasteiger partial charge < -0.3 is 14.0 Å². The van der Waals surface area contributed by atoms with Gasteiger partial charge in [-0.15, -0.1) is 0 Å². The van der Waals surface area contributed by atoms with Crippen molar-refractivity contribution >= 4 is 12.6 Å². The van der Waals surface area contributed by atoms with Gasteiger partial charge in [0.15, 0.2) is 0 Å². The highest BCUT2D eigenvalue weighted by atomic mass is 16.6. The van der Waals surface area contributed by atoms with Crippen molar-refractivity contribution in [1.82, 2.24) is 4.98 Å². The van der Waals surface area contributed by atoms with Gasteiger partial charge in [0, 0.05) is 25.9 Å². The fraction of sp³-hybridized carbons (Fsp3) is 0.375. The summed E-state index contributed by atoms with van der Waals surface area (Å²) >= 11 is 0. The molecule has 0 aromatic carbocycles. The minimum atomic E-state index is -0.427. The van der Waals surface area contributed by atoms with Gasteiger partial charge in [0.05, 0.1) is 7.11 Å². The van der Waals surface area contributed by atoms with Gasteiger partial charge in [-0.05, 0) is 6.07 Å². The number of hydrogen-bond donors (Lipinski definition) is 0. The van der Waals surface area contributed by atoms with Gasteiger partial charge >= 0.3 is 7.12 Å². The Balaban J connectivity index is 2.96. The maximum atomic E-state index is 5.09. The number of hydrogen-bond acceptors (Lipinski definition) is 4. The lowest BCUT2D eigenvalue weighted by atomic mass is 9.80. The first kappa shape index (κ1) is 10.0. The molecule has 0 atom stereocenters. The Morgan fingerprint density at radius 2 is 1.92 bits per heavy atom. The Bertz CT molecular complexity index is 265. The zero-order valence-electron chi connectivity index (χ0n) is 7.98. The number of nitrogens with zero attached hydrogens (tertiary/aromatic N) is 1. The second kappa shape index (κ2) is 4.84. The van der Waals surface area contributed by atoms with Crippen molar-refractivity contribution in [3.8, 4) is 5.88 Å². The lowest BCUT2D eigenvalue weighted by Crippen LogP contribution is -2.36. The normalized spacial score (nSPS) is 9.77. The molecule has 0 saturated carbocycles. The van der Waals surface area contributed by atoms with E-state index < -0.39 is 7.12 Å². The van der Waals surface area contributed by atoms with Gasteiger partial charge in [-0.25, -0.2) is 4.98 Å². The van der Waals surface area contributed by atoms with Crippen LogP contribution in [0.1, 0.15) is 0 Å². The monoisotopic (exact) mass is 181 g/mol. The van der Waals surface area contributed by atoms with Crippen LogP contribution in [-0.4, -0.2) is 33.4 Å². The maximum Gasteiger partial charge on any atom is 0.499 e. The van der Waals surface area contributed by atoms with Crippen LogP contribution in [0.2, 0.25) is 0 Å². The number of methoxy groups -OCH3 is 1. The van der Waals surface area contributed by atoms with Gasteiger partial charge in [0.1, 0.15) is 0 Å². The second-order valence-corrected chi connectivity index (χ2v) is 2.41. The van der Waals surface area contributed by atoms with E-state index in [-0.39, 0.29) is 0 Å². The molecule has 1 rings (SSSR count). The Hall–Kier alpha value is -1.07. The van der Waals surface area contributed by atoms with Crippen LogP contribution >= 0.6 is 0 Å². The third kappa shape index (κ3) is 2.20. The van der Waals surface area contributed by atoms with Crippen molar-refractivity contribution in [3.63, 3.8) is 0 Å². The summed E-state index contributed by atoms with van der Waals surface area (Å²) in [5, 5.41) is 0. The standard InChI is InChI=1S/C8H12BNO3/c1-11-8-7(5-4-6-10-8)9(12-2)13-3/h4-6H,1-3H3. The lowest BCUT2D eigenvalue weighted by molar-refractivity contribution is 0.289. The molecule has 5 heteroatoms. The largest absolute Gasteiger partial charge is 0.499 e. The number of pyridine rings is 1. The Morgan fingerprint density at radius 3 is 2.46 bits per heavy atom. The molecule has 0 unspecified atom stereocenters. The Morgan fingerprint density at radius 1 is 1.23 bits per heavy atom. The molecule has 13 heavy (non-hydrogen) atoms. The van der Waals surface area contributed by atoms with E-state index in [2.05, 4.69) is 4.98 Å². The van der Waals surface area contributed by atoms with Crippen LogP contribution in [0.15, 0.2) is 18.3 Å². The van der Waals surface area contributed by atoms with Crippen LogP contribution in [0, 0.1) is 0 Å². The first-order valence-electron chi connectivity index (χ1n) is 3.88. The summed E-state index contributed by atoms with van der Waals surface area (Å²) in [6.07, 6.45) is 1.66. The molecule has 70 valence electrons. The predicted molar refractivity (Wildman–Crippen MR) is 50.2 cm³/mol. The molecule has 0 radical (unpaired) electrons. The summed E-state index contributed by atoms with van der Waals surface area (Å²) < 4.78 is 15.2. The van der Waals surface area contributed by atoms with E-state index in [1.54, 1.807) is 27.5 Å². The van der Waals surface area contributed by atoms with Gasteiger partial charge in [-0.1, -0.05) is 6.07 Å². The molecule has 1 heterocycles. The molecular weight excluding hydrogens is 169 g/mol. The Labute approximate surface area is 78.0 Å². The fourth-order valence-corrected chi connectivity index (χ4v) is 1.10. The molecule has 1 aromatic heterocycles. The smallest absolute Gasteiger partial charge is 0.481 e. The zero-order chi connectivity index (χ0) is 9.68. The number of rotatable bonds is 4. The van der Waals surface area contributed by atoms with Crippen molar-refractivity contribution in [2.45, 2.75) is 0 Å². The maximum absolute atomic E-state index is 5.09. The highest BCUT2D eigenvalue weighted by molar-refractivity contribution is 6.62. The third-order valence-corrected chi connectivity index (χ3v) is 1.68. The quantitative estimate of drug-likeness (QED) is 0.616. The molecular formula is C8H12BNO3. The van der Waals surface area contributed by atoms with Crippen molar-refractivity contribution in [1.29, 1.82) is 0 Å². The molecule has 0 aliphatic carbocycles. The molecule has 0 saturated heterocycles. The van der Waals surface area contributed by atoms with Crippen LogP contribution in [0.4, 0.5) is 0 Å². The van der Waals surface area contributed by atoms with Crippen molar-refractivity contribution in [2.24, 2.45) is 0 Å². The predicted octanol–water partition coefficient (Wildman–Crippen LogP) is 0.0782. The molecule has 0 aliphatic heterocycles. The van der Waals surface area contributed by atoms with E-state index in [1.165, 1.54) is 0 Å². The SMILES string of the molecule is COB(OC)c1cccnc1OC. The van der Waals surface area contributed by atoms with E-state index in [4.69, 9.17) is 14.0 Å². The molecule has 1 aromatic rings. The van der Waals surface area contributed by atoms with Crippen LogP contribution in [0.5, 0.6) is 5.88 Å². The Kier molecular flexibility index (Phi) is 3.73. The molecule has 0 spiro atoms. The first-order chi connectivity index (χ1) is 6.33. The lowest BCUT2D eigenvalue weighted by Gasteiger charge is -2.10. The van der Waals surface area contributed by atoms with Gasteiger partial charge in [0.25, 0.3) is 0 Å². The summed E-state index contributed by atoms with van der Waals surface area (Å²) in [4.78, 5) is 4.03. The van der Waals surface area contributed by atoms with E-state index in [1.807, 2.05) is 12.1 Å². The fourth-order valence-electron chi connectivity index (χ4n) is 1.10. The number of aromatic nitrogens is 1. The molecule has 0 N–H and O–H groups in total. The average molecular weight is 181 g/mol. The molecule has 4 nitrogen and oxygen atoms in total. The molecule has 0 bridgehead atoms. The number of ether oxygens (including phenoxy) is 1. The van der Waals surface area contributed by atoms with Crippen molar-refractivity contribution in [2.75, 3.05) is 21.3 Å². The van der Waals surface area contributed by atoms with Crippen LogP contribution in [-0.2, 0) is 9.31 Å². The average Bonchev–Trinajstić information content (AvgIpc) is 2.20. The van der Waals surface area contributed by atoms with E-state index >= 15 is 0 Å². The molecule has 0 aliphatic rings. The van der Waals surface area contributed by atoms with Crippen molar-refractivity contribution in [3.05, 3.63) is 18.3 Å². The summed E-state index contributed by atoms with van der Waals surface area (Å²) in [5.41, 5.74) is 0.787. The summed E-state index contributed by atoms with van der Waals surface area (Å²) in [6.45, 7) is 0. The minimum absolute atomic E-state index is 0.427. The van der Waals surface area contributed by atoms with E-state index in [0.29, 0.717) is 5.88 Å². The van der Waals surface area contributed by atoms with E-state index in [0.717, 1.165) is 5.46 Å². The van der Waals surface area contributed by atoms with Crippen molar-refractivity contribution < 1.29 is 14.0 Å². The first-order valence-corrected chi connectivity index (χ1v) is 3.88.